The van der Waals surface area contributed by atoms with Gasteiger partial charge < -0.3 is 0 Å². The van der Waals surface area contributed by atoms with E-state index in [-0.39, 0.29) is 4.75 Å². The SMILES string of the molecule is CC(C)NC(C)(C#N)CSC(C)(C)C. The molecule has 0 amide bonds. The second kappa shape index (κ2) is 5.04. The van der Waals surface area contributed by atoms with Gasteiger partial charge in [-0.2, -0.15) is 17.0 Å². The second-order valence-corrected chi connectivity index (χ2v) is 6.95. The van der Waals surface area contributed by atoms with Crippen molar-refractivity contribution in [3.63, 3.8) is 0 Å². The monoisotopic (exact) mass is 214 g/mol. The van der Waals surface area contributed by atoms with Gasteiger partial charge in [0.2, 0.25) is 0 Å². The highest BCUT2D eigenvalue weighted by atomic mass is 32.2. The molecule has 0 aromatic carbocycles. The fourth-order valence-electron chi connectivity index (χ4n) is 1.10. The van der Waals surface area contributed by atoms with Gasteiger partial charge in [-0.25, -0.2) is 0 Å². The molecule has 0 saturated carbocycles. The highest BCUT2D eigenvalue weighted by Gasteiger charge is 2.26. The topological polar surface area (TPSA) is 35.8 Å². The van der Waals surface area contributed by atoms with Gasteiger partial charge >= 0.3 is 0 Å². The lowest BCUT2D eigenvalue weighted by molar-refractivity contribution is 0.442. The maximum absolute atomic E-state index is 9.11. The van der Waals surface area contributed by atoms with Crippen LogP contribution in [-0.2, 0) is 0 Å². The first kappa shape index (κ1) is 13.8. The third-order valence-corrected chi connectivity index (χ3v) is 3.24. The smallest absolute Gasteiger partial charge is 0.113 e. The molecule has 0 rings (SSSR count). The summed E-state index contributed by atoms with van der Waals surface area (Å²) < 4.78 is 0.219. The summed E-state index contributed by atoms with van der Waals surface area (Å²) >= 11 is 1.82. The Kier molecular flexibility index (Phi) is 4.97. The van der Waals surface area contributed by atoms with Crippen LogP contribution in [0, 0.1) is 11.3 Å². The summed E-state index contributed by atoms with van der Waals surface area (Å²) in [6.07, 6.45) is 0. The van der Waals surface area contributed by atoms with Gasteiger partial charge in [-0.05, 0) is 20.8 Å². The van der Waals surface area contributed by atoms with Crippen molar-refractivity contribution in [2.75, 3.05) is 5.75 Å². The highest BCUT2D eigenvalue weighted by molar-refractivity contribution is 8.00. The van der Waals surface area contributed by atoms with E-state index in [2.05, 4.69) is 46.0 Å². The van der Waals surface area contributed by atoms with Crippen molar-refractivity contribution in [3.05, 3.63) is 0 Å². The maximum Gasteiger partial charge on any atom is 0.113 e. The van der Waals surface area contributed by atoms with Crippen molar-refractivity contribution in [1.29, 1.82) is 5.26 Å². The van der Waals surface area contributed by atoms with Gasteiger partial charge in [0.1, 0.15) is 5.54 Å². The van der Waals surface area contributed by atoms with Crippen LogP contribution in [0.3, 0.4) is 0 Å². The molecule has 0 heterocycles. The van der Waals surface area contributed by atoms with E-state index in [1.807, 2.05) is 18.7 Å². The zero-order chi connectivity index (χ0) is 11.4. The van der Waals surface area contributed by atoms with Crippen LogP contribution in [0.15, 0.2) is 0 Å². The lowest BCUT2D eigenvalue weighted by Gasteiger charge is -2.29. The van der Waals surface area contributed by atoms with E-state index >= 15 is 0 Å². The van der Waals surface area contributed by atoms with E-state index in [4.69, 9.17) is 5.26 Å². The zero-order valence-corrected chi connectivity index (χ0v) is 11.0. The molecule has 2 nitrogen and oxygen atoms in total. The van der Waals surface area contributed by atoms with Gasteiger partial charge in [-0.15, -0.1) is 0 Å². The maximum atomic E-state index is 9.11. The van der Waals surface area contributed by atoms with Gasteiger partial charge in [0.15, 0.2) is 0 Å². The first-order valence-electron chi connectivity index (χ1n) is 5.01. The Morgan fingerprint density at radius 1 is 1.29 bits per heavy atom. The molecule has 0 aliphatic carbocycles. The van der Waals surface area contributed by atoms with Crippen LogP contribution in [0.1, 0.15) is 41.5 Å². The molecular weight excluding hydrogens is 192 g/mol. The minimum atomic E-state index is -0.411. The number of nitrogens with zero attached hydrogens (tertiary/aromatic N) is 1. The molecule has 0 aliphatic rings. The normalized spacial score (nSPS) is 16.4. The first-order chi connectivity index (χ1) is 6.18. The summed E-state index contributed by atoms with van der Waals surface area (Å²) in [5.74, 6) is 0.825. The van der Waals surface area contributed by atoms with Crippen LogP contribution in [0.2, 0.25) is 0 Å². The number of nitrogens with one attached hydrogen (secondary N) is 1. The van der Waals surface area contributed by atoms with Gasteiger partial charge in [-0.1, -0.05) is 20.8 Å². The third kappa shape index (κ3) is 6.28. The van der Waals surface area contributed by atoms with Gasteiger partial charge in [0.05, 0.1) is 6.07 Å². The van der Waals surface area contributed by atoms with Crippen LogP contribution in [-0.4, -0.2) is 22.1 Å². The van der Waals surface area contributed by atoms with Crippen LogP contribution in [0.4, 0.5) is 0 Å². The molecule has 0 fully saturated rings. The summed E-state index contributed by atoms with van der Waals surface area (Å²) in [6.45, 7) is 12.6. The van der Waals surface area contributed by atoms with E-state index in [0.29, 0.717) is 6.04 Å². The van der Waals surface area contributed by atoms with Crippen molar-refractivity contribution in [2.24, 2.45) is 0 Å². The molecule has 0 aliphatic heterocycles. The van der Waals surface area contributed by atoms with Crippen molar-refractivity contribution < 1.29 is 0 Å². The molecule has 1 N–H and O–H groups in total. The third-order valence-electron chi connectivity index (χ3n) is 1.65. The summed E-state index contributed by atoms with van der Waals surface area (Å²) in [5, 5.41) is 12.4. The molecule has 0 spiro atoms. The quantitative estimate of drug-likeness (QED) is 0.781. The molecule has 0 saturated heterocycles. The molecule has 0 aromatic heterocycles. The Hall–Kier alpha value is -0.200. The fraction of sp³-hybridized carbons (Fsp3) is 0.909. The largest absolute Gasteiger partial charge is 0.297 e. The Balaban J connectivity index is 4.22. The zero-order valence-electron chi connectivity index (χ0n) is 10.1. The van der Waals surface area contributed by atoms with Crippen LogP contribution < -0.4 is 5.32 Å². The molecule has 14 heavy (non-hydrogen) atoms. The summed E-state index contributed by atoms with van der Waals surface area (Å²) in [6, 6.07) is 2.70. The minimum absolute atomic E-state index is 0.219. The predicted octanol–water partition coefficient (Wildman–Crippen LogP) is 2.80. The lowest BCUT2D eigenvalue weighted by atomic mass is 10.1. The summed E-state index contributed by atoms with van der Waals surface area (Å²) in [4.78, 5) is 0. The molecule has 82 valence electrons. The molecule has 1 atom stereocenters. The summed E-state index contributed by atoms with van der Waals surface area (Å²) in [7, 11) is 0. The molecular formula is C11H22N2S. The Labute approximate surface area is 92.5 Å². The van der Waals surface area contributed by atoms with Crippen LogP contribution in [0.25, 0.3) is 0 Å². The highest BCUT2D eigenvalue weighted by Crippen LogP contribution is 2.26. The number of thioether (sulfide) groups is 1. The molecule has 1 unspecified atom stereocenters. The van der Waals surface area contributed by atoms with Crippen LogP contribution in [0.5, 0.6) is 0 Å². The van der Waals surface area contributed by atoms with Crippen molar-refractivity contribution in [2.45, 2.75) is 57.9 Å². The average Bonchev–Trinajstić information content (AvgIpc) is 1.99. The Morgan fingerprint density at radius 2 is 1.79 bits per heavy atom. The van der Waals surface area contributed by atoms with Crippen LogP contribution >= 0.6 is 11.8 Å². The van der Waals surface area contributed by atoms with E-state index in [9.17, 15) is 0 Å². The van der Waals surface area contributed by atoms with Crippen molar-refractivity contribution in [3.8, 4) is 6.07 Å². The van der Waals surface area contributed by atoms with Crippen molar-refractivity contribution in [1.82, 2.24) is 5.32 Å². The Bertz CT molecular complexity index is 212. The predicted molar refractivity (Wildman–Crippen MR) is 64.5 cm³/mol. The Morgan fingerprint density at radius 3 is 2.07 bits per heavy atom. The average molecular weight is 214 g/mol. The number of rotatable bonds is 4. The minimum Gasteiger partial charge on any atom is -0.297 e. The molecule has 0 aromatic rings. The number of hydrogen-bond acceptors (Lipinski definition) is 3. The first-order valence-corrected chi connectivity index (χ1v) is 6.00. The molecule has 0 bridgehead atoms. The van der Waals surface area contributed by atoms with Crippen molar-refractivity contribution >= 4 is 11.8 Å². The van der Waals surface area contributed by atoms with E-state index in [1.54, 1.807) is 0 Å². The van der Waals surface area contributed by atoms with Gasteiger partial charge in [0.25, 0.3) is 0 Å². The molecule has 3 heteroatoms. The lowest BCUT2D eigenvalue weighted by Crippen LogP contribution is -2.47. The van der Waals surface area contributed by atoms with E-state index < -0.39 is 5.54 Å². The fourth-order valence-corrected chi connectivity index (χ4v) is 1.97. The second-order valence-electron chi connectivity index (χ2n) is 5.14. The summed E-state index contributed by atoms with van der Waals surface area (Å²) in [5.41, 5.74) is -0.411. The number of hydrogen-bond donors (Lipinski definition) is 1. The van der Waals surface area contributed by atoms with Gasteiger partial charge in [0, 0.05) is 16.5 Å². The van der Waals surface area contributed by atoms with E-state index in [1.165, 1.54) is 0 Å². The van der Waals surface area contributed by atoms with E-state index in [0.717, 1.165) is 5.75 Å². The molecule has 0 radical (unpaired) electrons. The number of nitriles is 1. The standard InChI is InChI=1S/C11H22N2S/c1-9(2)13-11(6,7-12)8-14-10(3,4)5/h9,13H,8H2,1-6H3. The van der Waals surface area contributed by atoms with Gasteiger partial charge in [-0.3, -0.25) is 5.32 Å².